The van der Waals surface area contributed by atoms with Crippen LogP contribution in [0.25, 0.3) is 0 Å². The van der Waals surface area contributed by atoms with Crippen LogP contribution < -0.4 is 5.32 Å². The minimum Gasteiger partial charge on any atom is -0.322 e. The monoisotopic (exact) mass is 453 g/mol. The molecule has 30 heavy (non-hydrogen) atoms. The molecule has 0 atom stereocenters. The SMILES string of the molecule is CCCc1ccc(S(=O)(=O)N2CCN(CC(=O)Nc3cc(Cl)ccc3F)CC2)cc1. The van der Waals surface area contributed by atoms with Crippen molar-refractivity contribution < 1.29 is 17.6 Å². The van der Waals surface area contributed by atoms with Crippen molar-refractivity contribution in [2.45, 2.75) is 24.7 Å². The second-order valence-corrected chi connectivity index (χ2v) is 9.62. The maximum Gasteiger partial charge on any atom is 0.243 e. The lowest BCUT2D eigenvalue weighted by Gasteiger charge is -2.33. The predicted molar refractivity (Wildman–Crippen MR) is 116 cm³/mol. The number of hydrogen-bond acceptors (Lipinski definition) is 4. The number of carbonyl (C=O) groups is 1. The van der Waals surface area contributed by atoms with E-state index < -0.39 is 15.8 Å². The molecule has 9 heteroatoms. The highest BCUT2D eigenvalue weighted by Crippen LogP contribution is 2.21. The minimum atomic E-state index is -3.56. The van der Waals surface area contributed by atoms with E-state index in [1.807, 2.05) is 17.0 Å². The van der Waals surface area contributed by atoms with E-state index in [9.17, 15) is 17.6 Å². The van der Waals surface area contributed by atoms with Gasteiger partial charge in [-0.1, -0.05) is 37.1 Å². The summed E-state index contributed by atoms with van der Waals surface area (Å²) >= 11 is 5.83. The zero-order valence-electron chi connectivity index (χ0n) is 16.8. The molecule has 0 aromatic heterocycles. The van der Waals surface area contributed by atoms with Crippen molar-refractivity contribution in [1.29, 1.82) is 0 Å². The lowest BCUT2D eigenvalue weighted by atomic mass is 10.1. The molecule has 0 unspecified atom stereocenters. The first kappa shape index (κ1) is 22.7. The van der Waals surface area contributed by atoms with E-state index in [0.29, 0.717) is 18.1 Å². The second kappa shape index (κ2) is 9.87. The smallest absolute Gasteiger partial charge is 0.243 e. The Hall–Kier alpha value is -2.00. The third-order valence-electron chi connectivity index (χ3n) is 5.00. The lowest BCUT2D eigenvalue weighted by molar-refractivity contribution is -0.117. The highest BCUT2D eigenvalue weighted by Gasteiger charge is 2.29. The largest absolute Gasteiger partial charge is 0.322 e. The number of nitrogens with one attached hydrogen (secondary N) is 1. The molecule has 0 saturated carbocycles. The molecule has 0 radical (unpaired) electrons. The summed E-state index contributed by atoms with van der Waals surface area (Å²) in [7, 11) is -3.56. The molecule has 0 aliphatic carbocycles. The first-order valence-electron chi connectivity index (χ1n) is 9.86. The molecule has 2 aromatic rings. The molecule has 1 aliphatic rings. The van der Waals surface area contributed by atoms with Crippen LogP contribution in [-0.2, 0) is 21.2 Å². The molecule has 6 nitrogen and oxygen atoms in total. The molecule has 1 amide bonds. The Morgan fingerprint density at radius 2 is 1.77 bits per heavy atom. The van der Waals surface area contributed by atoms with Gasteiger partial charge >= 0.3 is 0 Å². The zero-order chi connectivity index (χ0) is 21.7. The Labute approximate surface area is 181 Å². The first-order valence-corrected chi connectivity index (χ1v) is 11.7. The molecule has 162 valence electrons. The van der Waals surface area contributed by atoms with E-state index >= 15 is 0 Å². The Morgan fingerprint density at radius 1 is 1.10 bits per heavy atom. The van der Waals surface area contributed by atoms with E-state index in [2.05, 4.69) is 12.2 Å². The van der Waals surface area contributed by atoms with Crippen LogP contribution in [0.5, 0.6) is 0 Å². The van der Waals surface area contributed by atoms with Gasteiger partial charge in [0, 0.05) is 31.2 Å². The summed E-state index contributed by atoms with van der Waals surface area (Å²) in [6.07, 6.45) is 1.92. The first-order chi connectivity index (χ1) is 14.3. The summed E-state index contributed by atoms with van der Waals surface area (Å²) in [6.45, 7) is 3.54. The second-order valence-electron chi connectivity index (χ2n) is 7.25. The molecule has 1 aliphatic heterocycles. The highest BCUT2D eigenvalue weighted by atomic mass is 35.5. The fourth-order valence-electron chi connectivity index (χ4n) is 3.38. The summed E-state index contributed by atoms with van der Waals surface area (Å²) in [5, 5.41) is 2.84. The average molecular weight is 454 g/mol. The average Bonchev–Trinajstić information content (AvgIpc) is 2.72. The van der Waals surface area contributed by atoms with Crippen LogP contribution in [0, 0.1) is 5.82 Å². The third-order valence-corrected chi connectivity index (χ3v) is 7.15. The van der Waals surface area contributed by atoms with E-state index in [0.717, 1.165) is 18.4 Å². The van der Waals surface area contributed by atoms with Crippen LogP contribution in [0.1, 0.15) is 18.9 Å². The molecular weight excluding hydrogens is 429 g/mol. The highest BCUT2D eigenvalue weighted by molar-refractivity contribution is 7.89. The standard InChI is InChI=1S/C21H25ClFN3O3S/c1-2-3-16-4-7-18(8-5-16)30(28,29)26-12-10-25(11-13-26)15-21(27)24-20-14-17(22)6-9-19(20)23/h4-9,14H,2-3,10-13,15H2,1H3,(H,24,27). The number of rotatable bonds is 7. The van der Waals surface area contributed by atoms with Gasteiger partial charge in [0.05, 0.1) is 17.1 Å². The Morgan fingerprint density at radius 3 is 2.40 bits per heavy atom. The summed E-state index contributed by atoms with van der Waals surface area (Å²) in [6, 6.07) is 11.0. The van der Waals surface area contributed by atoms with Crippen molar-refractivity contribution in [3.63, 3.8) is 0 Å². The van der Waals surface area contributed by atoms with Crippen LogP contribution in [0.3, 0.4) is 0 Å². The number of amides is 1. The van der Waals surface area contributed by atoms with Gasteiger partial charge in [0.25, 0.3) is 0 Å². The van der Waals surface area contributed by atoms with Crippen LogP contribution in [0.15, 0.2) is 47.4 Å². The number of halogens is 2. The zero-order valence-corrected chi connectivity index (χ0v) is 18.3. The van der Waals surface area contributed by atoms with Gasteiger partial charge in [0.1, 0.15) is 5.82 Å². The van der Waals surface area contributed by atoms with Crippen molar-refractivity contribution in [2.24, 2.45) is 0 Å². The van der Waals surface area contributed by atoms with Crippen LogP contribution in [0.4, 0.5) is 10.1 Å². The van der Waals surface area contributed by atoms with Crippen molar-refractivity contribution in [3.05, 3.63) is 58.9 Å². The van der Waals surface area contributed by atoms with E-state index in [1.165, 1.54) is 22.5 Å². The van der Waals surface area contributed by atoms with Crippen molar-refractivity contribution >= 4 is 33.2 Å². The quantitative estimate of drug-likeness (QED) is 0.697. The molecule has 1 saturated heterocycles. The molecule has 0 bridgehead atoms. The number of anilines is 1. The Bertz CT molecular complexity index is 991. The molecule has 2 aromatic carbocycles. The fourth-order valence-corrected chi connectivity index (χ4v) is 4.97. The summed E-state index contributed by atoms with van der Waals surface area (Å²) < 4.78 is 40.9. The number of benzene rings is 2. The van der Waals surface area contributed by atoms with Gasteiger partial charge in [-0.3, -0.25) is 9.69 Å². The van der Waals surface area contributed by atoms with Crippen LogP contribution >= 0.6 is 11.6 Å². The van der Waals surface area contributed by atoms with Gasteiger partial charge < -0.3 is 5.32 Å². The molecule has 1 fully saturated rings. The van der Waals surface area contributed by atoms with E-state index in [4.69, 9.17) is 11.6 Å². The van der Waals surface area contributed by atoms with Gasteiger partial charge in [0.15, 0.2) is 0 Å². The number of aryl methyl sites for hydroxylation is 1. The summed E-state index contributed by atoms with van der Waals surface area (Å²) in [5.74, 6) is -0.937. The number of sulfonamides is 1. The molecule has 0 spiro atoms. The summed E-state index contributed by atoms with van der Waals surface area (Å²) in [5.41, 5.74) is 1.14. The van der Waals surface area contributed by atoms with E-state index in [-0.39, 0.29) is 36.1 Å². The lowest BCUT2D eigenvalue weighted by Crippen LogP contribution is -2.50. The normalized spacial score (nSPS) is 15.8. The number of piperazine rings is 1. The van der Waals surface area contributed by atoms with Gasteiger partial charge in [0.2, 0.25) is 15.9 Å². The Kier molecular flexibility index (Phi) is 7.46. The maximum atomic E-state index is 13.8. The maximum absolute atomic E-state index is 13.8. The molecule has 1 N–H and O–H groups in total. The van der Waals surface area contributed by atoms with Crippen molar-refractivity contribution in [1.82, 2.24) is 9.21 Å². The molecule has 1 heterocycles. The van der Waals surface area contributed by atoms with Gasteiger partial charge in [-0.25, -0.2) is 12.8 Å². The van der Waals surface area contributed by atoms with Crippen LogP contribution in [0.2, 0.25) is 5.02 Å². The van der Waals surface area contributed by atoms with Gasteiger partial charge in [-0.05, 0) is 42.3 Å². The van der Waals surface area contributed by atoms with Crippen LogP contribution in [-0.4, -0.2) is 56.3 Å². The van der Waals surface area contributed by atoms with Crippen molar-refractivity contribution in [3.8, 4) is 0 Å². The van der Waals surface area contributed by atoms with Gasteiger partial charge in [-0.15, -0.1) is 0 Å². The fraction of sp³-hybridized carbons (Fsp3) is 0.381. The number of hydrogen-bond donors (Lipinski definition) is 1. The topological polar surface area (TPSA) is 69.7 Å². The molecular formula is C21H25ClFN3O3S. The Balaban J connectivity index is 1.54. The molecule has 3 rings (SSSR count). The number of nitrogens with zero attached hydrogens (tertiary/aromatic N) is 2. The minimum absolute atomic E-state index is 0.0280. The van der Waals surface area contributed by atoms with Gasteiger partial charge in [-0.2, -0.15) is 4.31 Å². The van der Waals surface area contributed by atoms with E-state index in [1.54, 1.807) is 12.1 Å². The predicted octanol–water partition coefficient (Wildman–Crippen LogP) is 3.38. The number of carbonyl (C=O) groups excluding carboxylic acids is 1. The summed E-state index contributed by atoms with van der Waals surface area (Å²) in [4.78, 5) is 14.4. The van der Waals surface area contributed by atoms with Crippen molar-refractivity contribution in [2.75, 3.05) is 38.0 Å². The third kappa shape index (κ3) is 5.57.